The van der Waals surface area contributed by atoms with Crippen molar-refractivity contribution >= 4 is 58.1 Å². The van der Waals surface area contributed by atoms with Crippen molar-refractivity contribution < 1.29 is 9.32 Å². The first kappa shape index (κ1) is 28.6. The molecule has 1 aliphatic rings. The number of benzene rings is 2. The van der Waals surface area contributed by atoms with Gasteiger partial charge in [0.15, 0.2) is 6.17 Å². The molecule has 0 saturated carbocycles. The molecule has 0 N–H and O–H groups in total. The molecule has 38 heavy (non-hydrogen) atoms. The second kappa shape index (κ2) is 11.4. The highest BCUT2D eigenvalue weighted by Gasteiger charge is 2.55. The molecular weight excluding hydrogens is 574 g/mol. The number of carbonyl (C=O) groups excluding carboxylic acids is 1. The smallest absolute Gasteiger partial charge is 0.315 e. The van der Waals surface area contributed by atoms with E-state index < -0.39 is 23.2 Å². The van der Waals surface area contributed by atoms with Crippen molar-refractivity contribution in [3.8, 4) is 5.69 Å². The van der Waals surface area contributed by atoms with E-state index in [1.54, 1.807) is 23.1 Å². The molecular formula is C26H28Cl4N4O4. The lowest BCUT2D eigenvalue weighted by atomic mass is 9.99. The average Bonchev–Trinajstić information content (AvgIpc) is 3.25. The Labute approximate surface area is 240 Å². The fourth-order valence-electron chi connectivity index (χ4n) is 4.81. The standard InChI is InChI=1S/C26H28Cl4N4O4/c1-4-5-6-7-8-13-31-23(35)32(16-9-11-18(27)20(29)14-16)22(26(31,2)3)34-24(36)33(25(37)38-34)17-10-12-19(28)21(30)15-17/h9-12,14-15,22H,4-8,13H2,1-3H3. The van der Waals surface area contributed by atoms with Crippen LogP contribution in [0.15, 0.2) is 50.5 Å². The van der Waals surface area contributed by atoms with Gasteiger partial charge in [-0.1, -0.05) is 79.0 Å². The zero-order valence-electron chi connectivity index (χ0n) is 21.2. The average molecular weight is 602 g/mol. The van der Waals surface area contributed by atoms with Gasteiger partial charge in [-0.3, -0.25) is 4.90 Å². The molecule has 4 rings (SSSR count). The number of amides is 2. The minimum absolute atomic E-state index is 0.172. The molecule has 0 radical (unpaired) electrons. The van der Waals surface area contributed by atoms with Gasteiger partial charge < -0.3 is 9.42 Å². The van der Waals surface area contributed by atoms with Crippen LogP contribution in [0.25, 0.3) is 5.69 Å². The van der Waals surface area contributed by atoms with Crippen LogP contribution < -0.4 is 16.3 Å². The summed E-state index contributed by atoms with van der Waals surface area (Å²) >= 11 is 24.6. The van der Waals surface area contributed by atoms with Crippen LogP contribution in [0.3, 0.4) is 0 Å². The molecule has 2 amide bonds. The lowest BCUT2D eigenvalue weighted by Gasteiger charge is -2.34. The number of nitrogens with zero attached hydrogens (tertiary/aromatic N) is 4. The molecule has 1 aromatic heterocycles. The first-order chi connectivity index (χ1) is 18.0. The van der Waals surface area contributed by atoms with E-state index in [4.69, 9.17) is 50.9 Å². The molecule has 0 bridgehead atoms. The topological polar surface area (TPSA) is 80.7 Å². The number of aromatic nitrogens is 2. The molecule has 0 spiro atoms. The Morgan fingerprint density at radius 3 is 2.00 bits per heavy atom. The number of rotatable bonds is 9. The Balaban J connectivity index is 1.82. The summed E-state index contributed by atoms with van der Waals surface area (Å²) < 4.78 is 7.29. The van der Waals surface area contributed by atoms with E-state index in [0.717, 1.165) is 41.4 Å². The lowest BCUT2D eigenvalue weighted by Crippen LogP contribution is -2.47. The minimum atomic E-state index is -1.01. The molecule has 2 heterocycles. The summed E-state index contributed by atoms with van der Waals surface area (Å²) in [7, 11) is 0. The highest BCUT2D eigenvalue weighted by Crippen LogP contribution is 2.43. The number of carbonyl (C=O) groups is 1. The van der Waals surface area contributed by atoms with Crippen LogP contribution in [0.5, 0.6) is 0 Å². The first-order valence-corrected chi connectivity index (χ1v) is 13.9. The molecule has 1 unspecified atom stereocenters. The molecule has 204 valence electrons. The van der Waals surface area contributed by atoms with Gasteiger partial charge in [-0.2, -0.15) is 4.57 Å². The maximum atomic E-state index is 13.9. The van der Waals surface area contributed by atoms with Gasteiger partial charge in [0.1, 0.15) is 0 Å². The predicted octanol–water partition coefficient (Wildman–Crippen LogP) is 7.40. The van der Waals surface area contributed by atoms with Gasteiger partial charge in [-0.15, -0.1) is 4.74 Å². The normalized spacial score (nSPS) is 17.0. The molecule has 1 fully saturated rings. The summed E-state index contributed by atoms with van der Waals surface area (Å²) in [5.74, 6) is -0.927. The van der Waals surface area contributed by atoms with E-state index >= 15 is 0 Å². The van der Waals surface area contributed by atoms with Crippen molar-refractivity contribution in [1.29, 1.82) is 0 Å². The Kier molecular flexibility index (Phi) is 8.57. The number of hydrogen-bond donors (Lipinski definition) is 0. The maximum absolute atomic E-state index is 13.9. The van der Waals surface area contributed by atoms with E-state index in [1.807, 2.05) is 13.8 Å². The number of halogens is 4. The van der Waals surface area contributed by atoms with Crippen molar-refractivity contribution in [2.24, 2.45) is 0 Å². The molecule has 1 aliphatic heterocycles. The van der Waals surface area contributed by atoms with Crippen LogP contribution in [0.2, 0.25) is 20.1 Å². The SMILES string of the molecule is CCCCCCCN1C(=O)N(c2ccc(Cl)c(Cl)c2)C(n2oc(=O)n(-c3ccc(Cl)c(Cl)c3)c2=O)C1(C)C. The number of urea groups is 1. The fraction of sp³-hybridized carbons (Fsp3) is 0.423. The summed E-state index contributed by atoms with van der Waals surface area (Å²) in [4.78, 5) is 43.6. The van der Waals surface area contributed by atoms with E-state index in [2.05, 4.69) is 6.92 Å². The zero-order valence-corrected chi connectivity index (χ0v) is 24.2. The van der Waals surface area contributed by atoms with Crippen molar-refractivity contribution in [2.75, 3.05) is 11.4 Å². The monoisotopic (exact) mass is 600 g/mol. The third-order valence-electron chi connectivity index (χ3n) is 6.80. The maximum Gasteiger partial charge on any atom is 0.447 e. The summed E-state index contributed by atoms with van der Waals surface area (Å²) in [5.41, 5.74) is -1.12. The summed E-state index contributed by atoms with van der Waals surface area (Å²) in [6.45, 7) is 6.28. The third-order valence-corrected chi connectivity index (χ3v) is 8.28. The molecule has 12 heteroatoms. The van der Waals surface area contributed by atoms with Gasteiger partial charge >= 0.3 is 17.5 Å². The highest BCUT2D eigenvalue weighted by atomic mass is 35.5. The van der Waals surface area contributed by atoms with Gasteiger partial charge in [-0.05, 0) is 56.7 Å². The van der Waals surface area contributed by atoms with Gasteiger partial charge in [0.25, 0.3) is 0 Å². The Morgan fingerprint density at radius 2 is 1.39 bits per heavy atom. The second-order valence-corrected chi connectivity index (χ2v) is 11.4. The summed E-state index contributed by atoms with van der Waals surface area (Å²) in [6.07, 6.45) is 4.05. The van der Waals surface area contributed by atoms with Gasteiger partial charge in [0.2, 0.25) is 0 Å². The van der Waals surface area contributed by atoms with Crippen molar-refractivity contribution in [3.63, 3.8) is 0 Å². The zero-order chi connectivity index (χ0) is 27.8. The van der Waals surface area contributed by atoms with E-state index in [9.17, 15) is 14.4 Å². The fourth-order valence-corrected chi connectivity index (χ4v) is 5.39. The largest absolute Gasteiger partial charge is 0.447 e. The number of anilines is 1. The molecule has 1 atom stereocenters. The third kappa shape index (κ3) is 5.24. The Morgan fingerprint density at radius 1 is 0.816 bits per heavy atom. The molecule has 2 aromatic carbocycles. The van der Waals surface area contributed by atoms with Crippen molar-refractivity contribution in [3.05, 3.63) is 77.5 Å². The molecule has 8 nitrogen and oxygen atoms in total. The predicted molar refractivity (Wildman–Crippen MR) is 152 cm³/mol. The highest BCUT2D eigenvalue weighted by molar-refractivity contribution is 6.42. The van der Waals surface area contributed by atoms with Crippen LogP contribution in [0, 0.1) is 0 Å². The molecule has 0 aliphatic carbocycles. The van der Waals surface area contributed by atoms with Crippen LogP contribution in [-0.2, 0) is 0 Å². The summed E-state index contributed by atoms with van der Waals surface area (Å²) in [6, 6.07) is 8.79. The van der Waals surface area contributed by atoms with Crippen LogP contribution in [0.4, 0.5) is 10.5 Å². The van der Waals surface area contributed by atoms with Crippen molar-refractivity contribution in [2.45, 2.75) is 64.6 Å². The van der Waals surface area contributed by atoms with Gasteiger partial charge in [0, 0.05) is 12.2 Å². The number of unbranched alkanes of at least 4 members (excludes halogenated alkanes) is 4. The minimum Gasteiger partial charge on any atom is -0.315 e. The Bertz CT molecular complexity index is 1460. The second-order valence-electron chi connectivity index (χ2n) is 9.74. The Hall–Kier alpha value is -2.39. The van der Waals surface area contributed by atoms with Gasteiger partial charge in [0.05, 0.1) is 31.3 Å². The quantitative estimate of drug-likeness (QED) is 0.239. The van der Waals surface area contributed by atoms with E-state index in [1.165, 1.54) is 23.1 Å². The lowest BCUT2D eigenvalue weighted by molar-refractivity contribution is 0.0958. The van der Waals surface area contributed by atoms with Gasteiger partial charge in [-0.25, -0.2) is 14.4 Å². The first-order valence-electron chi connectivity index (χ1n) is 12.3. The van der Waals surface area contributed by atoms with Crippen LogP contribution >= 0.6 is 46.4 Å². The molecule has 3 aromatic rings. The van der Waals surface area contributed by atoms with Crippen LogP contribution in [-0.4, -0.2) is 32.3 Å². The van der Waals surface area contributed by atoms with E-state index in [0.29, 0.717) is 17.3 Å². The molecule has 1 saturated heterocycles. The summed E-state index contributed by atoms with van der Waals surface area (Å²) in [5, 5.41) is 1.01. The van der Waals surface area contributed by atoms with Crippen LogP contribution in [0.1, 0.15) is 59.0 Å². The van der Waals surface area contributed by atoms with Crippen molar-refractivity contribution in [1.82, 2.24) is 14.2 Å². The number of hydrogen-bond acceptors (Lipinski definition) is 4. The van der Waals surface area contributed by atoms with E-state index in [-0.39, 0.29) is 26.8 Å².